The fourth-order valence-electron chi connectivity index (χ4n) is 4.53. The van der Waals surface area contributed by atoms with Gasteiger partial charge in [0.1, 0.15) is 5.54 Å². The first kappa shape index (κ1) is 21.2. The van der Waals surface area contributed by atoms with Gasteiger partial charge in [-0.3, -0.25) is 4.79 Å². The van der Waals surface area contributed by atoms with Gasteiger partial charge in [-0.05, 0) is 38.2 Å². The van der Waals surface area contributed by atoms with Crippen LogP contribution in [0.15, 0.2) is 30.3 Å². The molecular weight excluding hydrogens is 348 g/mol. The van der Waals surface area contributed by atoms with Crippen LogP contribution in [0.1, 0.15) is 46.1 Å². The van der Waals surface area contributed by atoms with Crippen molar-refractivity contribution < 1.29 is 9.53 Å². The van der Waals surface area contributed by atoms with E-state index in [1.807, 2.05) is 17.9 Å². The van der Waals surface area contributed by atoms with Gasteiger partial charge in [-0.15, -0.1) is 12.4 Å². The van der Waals surface area contributed by atoms with Crippen LogP contribution >= 0.6 is 12.4 Å². The van der Waals surface area contributed by atoms with E-state index in [4.69, 9.17) is 10.5 Å². The number of carbonyl (C=O) groups excluding carboxylic acids is 1. The molecule has 0 aromatic heterocycles. The predicted octanol–water partition coefficient (Wildman–Crippen LogP) is 3.42. The Hall–Kier alpha value is -1.10. The van der Waals surface area contributed by atoms with Crippen molar-refractivity contribution in [2.75, 3.05) is 13.2 Å². The summed E-state index contributed by atoms with van der Waals surface area (Å²) in [6.07, 6.45) is 2.77. The molecule has 0 bridgehead atoms. The summed E-state index contributed by atoms with van der Waals surface area (Å²) < 4.78 is 5.78. The normalized spacial score (nSPS) is 32.7. The number of hydrogen-bond donors (Lipinski definition) is 1. The van der Waals surface area contributed by atoms with E-state index < -0.39 is 5.54 Å². The van der Waals surface area contributed by atoms with Crippen LogP contribution in [0.2, 0.25) is 0 Å². The van der Waals surface area contributed by atoms with Gasteiger partial charge < -0.3 is 15.4 Å². The summed E-state index contributed by atoms with van der Waals surface area (Å²) in [5.41, 5.74) is 6.83. The number of likely N-dealkylation sites (tertiary alicyclic amines) is 1. The molecule has 0 spiro atoms. The Morgan fingerprint density at radius 1 is 1.31 bits per heavy atom. The fourth-order valence-corrected chi connectivity index (χ4v) is 4.53. The molecule has 1 aliphatic carbocycles. The standard InChI is InChI=1S/C21H32N2O2.ClH/c1-5-25-18-14-21(22,20(18,3)4)19(24)23-12-11-17(15(23)2)13-16-9-7-6-8-10-16;/h6-10,15,17-18H,5,11-14,22H2,1-4H3;1H. The van der Waals surface area contributed by atoms with Crippen LogP contribution in [0.25, 0.3) is 0 Å². The van der Waals surface area contributed by atoms with E-state index >= 15 is 0 Å². The number of benzene rings is 1. The molecule has 2 N–H and O–H groups in total. The average Bonchev–Trinajstić information content (AvgIpc) is 2.95. The maximum absolute atomic E-state index is 13.3. The van der Waals surface area contributed by atoms with E-state index in [1.54, 1.807) is 0 Å². The maximum atomic E-state index is 13.3. The number of ether oxygens (including phenoxy) is 1. The van der Waals surface area contributed by atoms with Gasteiger partial charge in [0.15, 0.2) is 0 Å². The highest BCUT2D eigenvalue weighted by atomic mass is 35.5. The molecule has 4 unspecified atom stereocenters. The topological polar surface area (TPSA) is 55.6 Å². The fraction of sp³-hybridized carbons (Fsp3) is 0.667. The molecule has 0 radical (unpaired) electrons. The third kappa shape index (κ3) is 3.39. The SMILES string of the molecule is CCOC1CC(N)(C(=O)N2CCC(Cc3ccccc3)C2C)C1(C)C.Cl. The highest BCUT2D eigenvalue weighted by Gasteiger charge is 2.64. The molecule has 4 atom stereocenters. The molecular formula is C21H33ClN2O2. The Kier molecular flexibility index (Phi) is 6.42. The minimum Gasteiger partial charge on any atom is -0.378 e. The number of hydrogen-bond acceptors (Lipinski definition) is 3. The Balaban J connectivity index is 0.00000243. The van der Waals surface area contributed by atoms with E-state index in [-0.39, 0.29) is 35.9 Å². The first-order valence-electron chi connectivity index (χ1n) is 9.56. The Bertz CT molecular complexity index is 622. The molecule has 1 heterocycles. The second kappa shape index (κ2) is 7.87. The van der Waals surface area contributed by atoms with Crippen LogP contribution in [0.5, 0.6) is 0 Å². The van der Waals surface area contributed by atoms with Crippen molar-refractivity contribution in [1.82, 2.24) is 4.90 Å². The zero-order valence-electron chi connectivity index (χ0n) is 16.4. The van der Waals surface area contributed by atoms with Crippen molar-refractivity contribution in [1.29, 1.82) is 0 Å². The molecule has 1 aromatic carbocycles. The van der Waals surface area contributed by atoms with Gasteiger partial charge >= 0.3 is 0 Å². The predicted molar refractivity (Wildman–Crippen MR) is 107 cm³/mol. The van der Waals surface area contributed by atoms with Crippen LogP contribution in [0, 0.1) is 11.3 Å². The average molecular weight is 381 g/mol. The number of nitrogens with two attached hydrogens (primary N) is 1. The van der Waals surface area contributed by atoms with Gasteiger partial charge in [0, 0.05) is 31.0 Å². The first-order chi connectivity index (χ1) is 11.8. The second-order valence-corrected chi connectivity index (χ2v) is 8.32. The van der Waals surface area contributed by atoms with Gasteiger partial charge in [-0.2, -0.15) is 0 Å². The van der Waals surface area contributed by atoms with E-state index in [1.165, 1.54) is 5.56 Å². The third-order valence-electron chi connectivity index (χ3n) is 6.73. The molecule has 26 heavy (non-hydrogen) atoms. The summed E-state index contributed by atoms with van der Waals surface area (Å²) in [5.74, 6) is 0.609. The molecule has 4 nitrogen and oxygen atoms in total. The summed E-state index contributed by atoms with van der Waals surface area (Å²) in [6.45, 7) is 9.77. The maximum Gasteiger partial charge on any atom is 0.243 e. The molecule has 1 saturated heterocycles. The minimum atomic E-state index is -0.803. The smallest absolute Gasteiger partial charge is 0.243 e. The Morgan fingerprint density at radius 3 is 2.54 bits per heavy atom. The van der Waals surface area contributed by atoms with Gasteiger partial charge in [0.05, 0.1) is 6.10 Å². The lowest BCUT2D eigenvalue weighted by molar-refractivity contribution is -0.180. The van der Waals surface area contributed by atoms with Crippen molar-refractivity contribution in [2.24, 2.45) is 17.1 Å². The van der Waals surface area contributed by atoms with Crippen molar-refractivity contribution in [2.45, 2.75) is 64.6 Å². The van der Waals surface area contributed by atoms with Crippen LogP contribution < -0.4 is 5.73 Å². The number of halogens is 1. The van der Waals surface area contributed by atoms with Crippen molar-refractivity contribution in [3.05, 3.63) is 35.9 Å². The molecule has 3 rings (SSSR count). The quantitative estimate of drug-likeness (QED) is 0.851. The van der Waals surface area contributed by atoms with Crippen LogP contribution in [0.4, 0.5) is 0 Å². The van der Waals surface area contributed by atoms with E-state index in [2.05, 4.69) is 45.0 Å². The number of rotatable bonds is 5. The lowest BCUT2D eigenvalue weighted by Gasteiger charge is -2.58. The minimum absolute atomic E-state index is 0. The molecule has 146 valence electrons. The number of nitrogens with zero attached hydrogens (tertiary/aromatic N) is 1. The van der Waals surface area contributed by atoms with E-state index in [9.17, 15) is 4.79 Å². The van der Waals surface area contributed by atoms with E-state index in [0.717, 1.165) is 19.4 Å². The number of amides is 1. The van der Waals surface area contributed by atoms with Crippen molar-refractivity contribution >= 4 is 18.3 Å². The van der Waals surface area contributed by atoms with Gasteiger partial charge in [-0.1, -0.05) is 44.2 Å². The summed E-state index contributed by atoms with van der Waals surface area (Å²) in [7, 11) is 0. The molecule has 1 saturated carbocycles. The van der Waals surface area contributed by atoms with Crippen molar-refractivity contribution in [3.63, 3.8) is 0 Å². The monoisotopic (exact) mass is 380 g/mol. The highest BCUT2D eigenvalue weighted by molar-refractivity contribution is 5.89. The van der Waals surface area contributed by atoms with Crippen LogP contribution in [-0.2, 0) is 16.0 Å². The van der Waals surface area contributed by atoms with Crippen LogP contribution in [0.3, 0.4) is 0 Å². The van der Waals surface area contributed by atoms with Crippen LogP contribution in [-0.4, -0.2) is 41.6 Å². The summed E-state index contributed by atoms with van der Waals surface area (Å²) >= 11 is 0. The lowest BCUT2D eigenvalue weighted by atomic mass is 9.54. The molecule has 5 heteroatoms. The summed E-state index contributed by atoms with van der Waals surface area (Å²) in [4.78, 5) is 15.3. The Labute approximate surface area is 163 Å². The lowest BCUT2D eigenvalue weighted by Crippen LogP contribution is -2.76. The molecule has 1 aliphatic heterocycles. The zero-order chi connectivity index (χ0) is 18.2. The second-order valence-electron chi connectivity index (χ2n) is 8.32. The molecule has 2 aliphatic rings. The first-order valence-corrected chi connectivity index (χ1v) is 9.56. The highest BCUT2D eigenvalue weighted by Crippen LogP contribution is 2.51. The van der Waals surface area contributed by atoms with Crippen molar-refractivity contribution in [3.8, 4) is 0 Å². The molecule has 1 amide bonds. The van der Waals surface area contributed by atoms with Gasteiger partial charge in [-0.25, -0.2) is 0 Å². The summed E-state index contributed by atoms with van der Waals surface area (Å²) in [5, 5.41) is 0. The molecule has 1 aromatic rings. The Morgan fingerprint density at radius 2 is 1.96 bits per heavy atom. The van der Waals surface area contributed by atoms with Gasteiger partial charge in [0.2, 0.25) is 5.91 Å². The third-order valence-corrected chi connectivity index (χ3v) is 6.73. The van der Waals surface area contributed by atoms with Gasteiger partial charge in [0.25, 0.3) is 0 Å². The number of carbonyl (C=O) groups is 1. The zero-order valence-corrected chi connectivity index (χ0v) is 17.2. The van der Waals surface area contributed by atoms with E-state index in [0.29, 0.717) is 18.9 Å². The largest absolute Gasteiger partial charge is 0.378 e. The summed E-state index contributed by atoms with van der Waals surface area (Å²) in [6, 6.07) is 10.8. The molecule has 2 fully saturated rings.